The summed E-state index contributed by atoms with van der Waals surface area (Å²) in [6, 6.07) is 12.9. The highest BCUT2D eigenvalue weighted by atomic mass is 16.6. The number of nitrogens with zero attached hydrogens (tertiary/aromatic N) is 1. The quantitative estimate of drug-likeness (QED) is 0.359. The first-order valence-electron chi connectivity index (χ1n) is 7.55. The fourth-order valence-corrected chi connectivity index (χ4v) is 2.55. The molecule has 1 aliphatic rings. The van der Waals surface area contributed by atoms with Crippen LogP contribution in [0, 0.1) is 0 Å². The number of cyclic esters (lactones) is 1. The molecule has 0 fully saturated rings. The summed E-state index contributed by atoms with van der Waals surface area (Å²) >= 11 is 0. The van der Waals surface area contributed by atoms with E-state index in [0.29, 0.717) is 28.0 Å². The van der Waals surface area contributed by atoms with Crippen LogP contribution in [-0.2, 0) is 4.74 Å². The van der Waals surface area contributed by atoms with Crippen LogP contribution < -0.4 is 22.5 Å². The maximum Gasteiger partial charge on any atom is 0.435 e. The fraction of sp³-hybridized carbons (Fsp3) is 0.0588. The minimum atomic E-state index is -0.716. The summed E-state index contributed by atoms with van der Waals surface area (Å²) in [5, 5.41) is 0. The molecule has 3 amide bonds. The number of benzene rings is 2. The molecule has 9 heteroatoms. The number of carbonyl (C=O) groups is 3. The molecule has 0 saturated carbocycles. The van der Waals surface area contributed by atoms with Crippen molar-refractivity contribution in [2.24, 2.45) is 16.7 Å². The molecule has 1 atom stereocenters. The number of amides is 3. The number of hydrazine groups is 2. The average molecular weight is 353 g/mol. The van der Waals surface area contributed by atoms with Crippen molar-refractivity contribution in [1.82, 2.24) is 10.9 Å². The Bertz CT molecular complexity index is 890. The van der Waals surface area contributed by atoms with Crippen LogP contribution in [0.15, 0.2) is 53.5 Å². The van der Waals surface area contributed by atoms with Crippen molar-refractivity contribution in [3.63, 3.8) is 0 Å². The van der Waals surface area contributed by atoms with Gasteiger partial charge in [-0.1, -0.05) is 24.3 Å². The van der Waals surface area contributed by atoms with E-state index in [2.05, 4.69) is 4.99 Å². The first-order valence-corrected chi connectivity index (χ1v) is 7.55. The summed E-state index contributed by atoms with van der Waals surface area (Å²) in [4.78, 5) is 38.6. The lowest BCUT2D eigenvalue weighted by molar-refractivity contribution is 0.0945. The number of rotatable bonds is 4. The van der Waals surface area contributed by atoms with Gasteiger partial charge in [-0.2, -0.15) is 4.99 Å². The summed E-state index contributed by atoms with van der Waals surface area (Å²) in [5.74, 6) is 9.34. The van der Waals surface area contributed by atoms with Crippen molar-refractivity contribution in [3.05, 3.63) is 70.8 Å². The molecule has 0 radical (unpaired) electrons. The monoisotopic (exact) mass is 353 g/mol. The number of aliphatic imine (C=N–C) groups is 1. The van der Waals surface area contributed by atoms with Gasteiger partial charge < -0.3 is 4.74 Å². The van der Waals surface area contributed by atoms with Gasteiger partial charge in [0, 0.05) is 16.7 Å². The molecule has 3 rings (SSSR count). The number of hydrogen-bond acceptors (Lipinski definition) is 6. The maximum absolute atomic E-state index is 11.7. The predicted molar refractivity (Wildman–Crippen MR) is 92.0 cm³/mol. The van der Waals surface area contributed by atoms with Crippen molar-refractivity contribution in [1.29, 1.82) is 0 Å². The van der Waals surface area contributed by atoms with E-state index in [1.165, 1.54) is 0 Å². The minimum absolute atomic E-state index is 0.371. The van der Waals surface area contributed by atoms with Crippen molar-refractivity contribution in [2.45, 2.75) is 6.10 Å². The van der Waals surface area contributed by atoms with E-state index < -0.39 is 24.0 Å². The molecule has 0 bridgehead atoms. The first-order chi connectivity index (χ1) is 12.5. The molecule has 1 heterocycles. The standard InChI is InChI=1S/C17H15N5O4/c18-21-15(23)11-5-1-9(2-6-11)13-14(26-17(25)20-13)10-3-7-12(8-4-10)16(24)22-19/h1-8,14H,18-19H2,(H,21,23)(H,22,24). The van der Waals surface area contributed by atoms with Crippen LogP contribution in [0.2, 0.25) is 0 Å². The van der Waals surface area contributed by atoms with Crippen LogP contribution in [0.3, 0.4) is 0 Å². The molecule has 0 saturated heterocycles. The number of ether oxygens (including phenoxy) is 1. The Morgan fingerprint density at radius 3 is 1.88 bits per heavy atom. The van der Waals surface area contributed by atoms with Crippen LogP contribution >= 0.6 is 0 Å². The molecular weight excluding hydrogens is 338 g/mol. The van der Waals surface area contributed by atoms with Crippen LogP contribution in [0.5, 0.6) is 0 Å². The van der Waals surface area contributed by atoms with Gasteiger partial charge in [0.2, 0.25) is 0 Å². The first kappa shape index (κ1) is 17.3. The number of hydrogen-bond donors (Lipinski definition) is 4. The van der Waals surface area contributed by atoms with Crippen LogP contribution in [0.25, 0.3) is 0 Å². The Morgan fingerprint density at radius 2 is 1.38 bits per heavy atom. The SMILES string of the molecule is NNC(=O)c1ccc(C2=NC(=O)OC2c2ccc(C(=O)NN)cc2)cc1. The molecule has 0 aliphatic carbocycles. The van der Waals surface area contributed by atoms with Gasteiger partial charge in [0.05, 0.1) is 0 Å². The predicted octanol–water partition coefficient (Wildman–Crippen LogP) is 0.574. The summed E-state index contributed by atoms with van der Waals surface area (Å²) in [6.07, 6.45) is -1.43. The second-order valence-electron chi connectivity index (χ2n) is 5.41. The Morgan fingerprint density at radius 1 is 0.885 bits per heavy atom. The third-order valence-corrected chi connectivity index (χ3v) is 3.86. The lowest BCUT2D eigenvalue weighted by Gasteiger charge is -2.13. The molecule has 1 aliphatic heterocycles. The van der Waals surface area contributed by atoms with E-state index in [-0.39, 0.29) is 0 Å². The molecule has 9 nitrogen and oxygen atoms in total. The summed E-state index contributed by atoms with van der Waals surface area (Å²) < 4.78 is 5.27. The topological polar surface area (TPSA) is 149 Å². The molecule has 0 aromatic heterocycles. The van der Waals surface area contributed by atoms with Gasteiger partial charge in [0.1, 0.15) is 5.71 Å². The molecule has 132 valence electrons. The maximum atomic E-state index is 11.7. The lowest BCUT2D eigenvalue weighted by Crippen LogP contribution is -2.30. The fourth-order valence-electron chi connectivity index (χ4n) is 2.55. The number of nitrogen functional groups attached to an aromatic ring is 2. The Balaban J connectivity index is 1.89. The Kier molecular flexibility index (Phi) is 4.74. The van der Waals surface area contributed by atoms with E-state index in [1.54, 1.807) is 48.5 Å². The van der Waals surface area contributed by atoms with E-state index in [1.807, 2.05) is 10.9 Å². The lowest BCUT2D eigenvalue weighted by atomic mass is 9.97. The molecule has 6 N–H and O–H groups in total. The van der Waals surface area contributed by atoms with Crippen LogP contribution in [0.1, 0.15) is 37.9 Å². The molecule has 0 spiro atoms. The number of nitrogens with two attached hydrogens (primary N) is 2. The highest BCUT2D eigenvalue weighted by molar-refractivity contribution is 6.12. The van der Waals surface area contributed by atoms with Crippen molar-refractivity contribution in [2.75, 3.05) is 0 Å². The van der Waals surface area contributed by atoms with Gasteiger partial charge in [-0.3, -0.25) is 20.4 Å². The van der Waals surface area contributed by atoms with Crippen LogP contribution in [0.4, 0.5) is 4.79 Å². The molecule has 1 unspecified atom stereocenters. The van der Waals surface area contributed by atoms with Gasteiger partial charge in [0.25, 0.3) is 11.8 Å². The van der Waals surface area contributed by atoms with Gasteiger partial charge in [-0.15, -0.1) is 0 Å². The average Bonchev–Trinajstić information content (AvgIpc) is 3.08. The van der Waals surface area contributed by atoms with E-state index >= 15 is 0 Å². The third kappa shape index (κ3) is 3.29. The summed E-state index contributed by atoms with van der Waals surface area (Å²) in [5.41, 5.74) is 6.50. The highest BCUT2D eigenvalue weighted by Gasteiger charge is 2.31. The van der Waals surface area contributed by atoms with E-state index in [9.17, 15) is 14.4 Å². The van der Waals surface area contributed by atoms with Gasteiger partial charge in [0.15, 0.2) is 6.10 Å². The molecule has 2 aromatic carbocycles. The normalized spacial score (nSPS) is 15.8. The largest absolute Gasteiger partial charge is 0.435 e. The Hall–Kier alpha value is -3.56. The summed E-state index contributed by atoms with van der Waals surface area (Å²) in [7, 11) is 0. The van der Waals surface area contributed by atoms with Crippen molar-refractivity contribution < 1.29 is 19.1 Å². The second kappa shape index (κ2) is 7.13. The zero-order chi connectivity index (χ0) is 18.7. The minimum Gasteiger partial charge on any atom is -0.433 e. The molecular formula is C17H15N5O4. The van der Waals surface area contributed by atoms with Gasteiger partial charge in [-0.05, 0) is 29.8 Å². The third-order valence-electron chi connectivity index (χ3n) is 3.86. The Labute approximate surface area is 148 Å². The van der Waals surface area contributed by atoms with Crippen LogP contribution in [-0.4, -0.2) is 23.6 Å². The smallest absolute Gasteiger partial charge is 0.433 e. The number of carbonyl (C=O) groups excluding carboxylic acids is 3. The number of nitrogens with one attached hydrogen (secondary N) is 2. The molecule has 26 heavy (non-hydrogen) atoms. The second-order valence-corrected chi connectivity index (χ2v) is 5.41. The van der Waals surface area contributed by atoms with Crippen molar-refractivity contribution >= 4 is 23.6 Å². The zero-order valence-corrected chi connectivity index (χ0v) is 13.4. The van der Waals surface area contributed by atoms with Crippen molar-refractivity contribution in [3.8, 4) is 0 Å². The van der Waals surface area contributed by atoms with Gasteiger partial charge in [-0.25, -0.2) is 16.5 Å². The highest BCUT2D eigenvalue weighted by Crippen LogP contribution is 2.29. The zero-order valence-electron chi connectivity index (χ0n) is 13.4. The van der Waals surface area contributed by atoms with E-state index in [4.69, 9.17) is 16.4 Å². The molecule has 2 aromatic rings. The van der Waals surface area contributed by atoms with Gasteiger partial charge >= 0.3 is 6.09 Å². The van der Waals surface area contributed by atoms with E-state index in [0.717, 1.165) is 0 Å². The summed E-state index contributed by atoms with van der Waals surface area (Å²) in [6.45, 7) is 0.